The molecule has 0 amide bonds. The highest BCUT2D eigenvalue weighted by Crippen LogP contribution is 2.33. The fourth-order valence-corrected chi connectivity index (χ4v) is 4.06. The minimum atomic E-state index is 0. The van der Waals surface area contributed by atoms with Crippen molar-refractivity contribution >= 4 is 5.57 Å². The van der Waals surface area contributed by atoms with E-state index < -0.39 is 0 Å². The average molecular weight is 372 g/mol. The molecular weight excluding hydrogens is 346 g/mol. The van der Waals surface area contributed by atoms with Crippen molar-refractivity contribution in [1.82, 2.24) is 0 Å². The normalized spacial score (nSPS) is 18.4. The Kier molecular flexibility index (Phi) is 6.23. The van der Waals surface area contributed by atoms with Crippen molar-refractivity contribution in [2.24, 2.45) is 0 Å². The van der Waals surface area contributed by atoms with Crippen LogP contribution in [0, 0.1) is 0 Å². The van der Waals surface area contributed by atoms with Gasteiger partial charge in [-0.05, 0) is 59.4 Å². The maximum Gasteiger partial charge on any atom is 0.137 e. The van der Waals surface area contributed by atoms with E-state index in [2.05, 4.69) is 24.3 Å². The van der Waals surface area contributed by atoms with Crippen molar-refractivity contribution in [3.63, 3.8) is 0 Å². The summed E-state index contributed by atoms with van der Waals surface area (Å²) in [7, 11) is 1.68. The van der Waals surface area contributed by atoms with Crippen molar-refractivity contribution in [2.75, 3.05) is 33.4 Å². The lowest BCUT2D eigenvalue weighted by molar-refractivity contribution is -0.896. The van der Waals surface area contributed by atoms with Gasteiger partial charge in [-0.15, -0.1) is 0 Å². The van der Waals surface area contributed by atoms with E-state index in [1.54, 1.807) is 23.2 Å². The monoisotopic (exact) mass is 371 g/mol. The smallest absolute Gasteiger partial charge is 0.137 e. The molecule has 0 saturated carbocycles. The largest absolute Gasteiger partial charge is 1.00 e. The Morgan fingerprint density at radius 2 is 1.69 bits per heavy atom. The van der Waals surface area contributed by atoms with Gasteiger partial charge in [-0.3, -0.25) is 0 Å². The van der Waals surface area contributed by atoms with Gasteiger partial charge in [-0.25, -0.2) is 0 Å². The van der Waals surface area contributed by atoms with E-state index in [9.17, 15) is 0 Å². The van der Waals surface area contributed by atoms with Gasteiger partial charge in [0.05, 0.1) is 20.2 Å². The first-order valence-corrected chi connectivity index (χ1v) is 9.23. The number of hydrogen-bond acceptors (Lipinski definition) is 2. The molecule has 2 aromatic carbocycles. The van der Waals surface area contributed by atoms with Gasteiger partial charge < -0.3 is 26.8 Å². The van der Waals surface area contributed by atoms with Crippen molar-refractivity contribution < 1.29 is 26.8 Å². The van der Waals surface area contributed by atoms with Gasteiger partial charge in [-0.1, -0.05) is 24.3 Å². The Balaban J connectivity index is 0.00000196. The Bertz CT molecular complexity index is 770. The van der Waals surface area contributed by atoms with Gasteiger partial charge in [0.2, 0.25) is 0 Å². The van der Waals surface area contributed by atoms with Crippen LogP contribution in [0.3, 0.4) is 0 Å². The molecule has 1 N–H and O–H groups in total. The number of hydrogen-bond donors (Lipinski definition) is 1. The molecule has 2 aromatic rings. The third-order valence-corrected chi connectivity index (χ3v) is 5.44. The van der Waals surface area contributed by atoms with Crippen LogP contribution in [0.4, 0.5) is 0 Å². The molecule has 0 spiro atoms. The Hall–Kier alpha value is -1.97. The maximum absolute atomic E-state index is 5.91. The minimum absolute atomic E-state index is 0. The van der Waals surface area contributed by atoms with Gasteiger partial charge in [0, 0.05) is 6.42 Å². The Morgan fingerprint density at radius 3 is 2.50 bits per heavy atom. The molecule has 1 aliphatic heterocycles. The highest BCUT2D eigenvalue weighted by atomic mass is 35.5. The number of rotatable bonds is 5. The van der Waals surface area contributed by atoms with Crippen molar-refractivity contribution in [2.45, 2.75) is 19.3 Å². The standard InChI is InChI=1S/C22H25NO2.ClH/c1-24-19-8-10-20(11-9-19)25-15-14-23-13-12-22-18(16-23)7-6-17-4-2-3-5-21(17)22;/h2-5,8-11H,6-7,12-16H2,1H3;1H. The molecule has 4 rings (SSSR count). The number of halogens is 1. The molecule has 3 nitrogen and oxygen atoms in total. The third-order valence-electron chi connectivity index (χ3n) is 5.44. The number of quaternary nitrogens is 1. The summed E-state index contributed by atoms with van der Waals surface area (Å²) in [6, 6.07) is 16.8. The molecule has 0 aromatic heterocycles. The summed E-state index contributed by atoms with van der Waals surface area (Å²) >= 11 is 0. The van der Waals surface area contributed by atoms with E-state index in [0.717, 1.165) is 24.7 Å². The summed E-state index contributed by atoms with van der Waals surface area (Å²) in [5.41, 5.74) is 6.34. The van der Waals surface area contributed by atoms with Crippen molar-refractivity contribution in [1.29, 1.82) is 0 Å². The molecule has 4 heteroatoms. The van der Waals surface area contributed by atoms with Gasteiger partial charge in [0.25, 0.3) is 0 Å². The molecule has 1 aliphatic carbocycles. The van der Waals surface area contributed by atoms with Crippen LogP contribution in [0.25, 0.3) is 5.57 Å². The van der Waals surface area contributed by atoms with Crippen LogP contribution in [-0.2, 0) is 6.42 Å². The quantitative estimate of drug-likeness (QED) is 0.784. The van der Waals surface area contributed by atoms with Crippen LogP contribution in [0.1, 0.15) is 24.0 Å². The summed E-state index contributed by atoms with van der Waals surface area (Å²) in [4.78, 5) is 1.65. The van der Waals surface area contributed by atoms with Crippen LogP contribution in [-0.4, -0.2) is 33.4 Å². The Morgan fingerprint density at radius 1 is 0.923 bits per heavy atom. The second-order valence-corrected chi connectivity index (χ2v) is 6.94. The first kappa shape index (κ1) is 18.8. The topological polar surface area (TPSA) is 22.9 Å². The zero-order chi connectivity index (χ0) is 17.1. The Labute approximate surface area is 162 Å². The summed E-state index contributed by atoms with van der Waals surface area (Å²) in [6.07, 6.45) is 3.63. The van der Waals surface area contributed by atoms with Crippen molar-refractivity contribution in [3.05, 3.63) is 65.2 Å². The summed E-state index contributed by atoms with van der Waals surface area (Å²) in [6.45, 7) is 4.21. The highest BCUT2D eigenvalue weighted by molar-refractivity contribution is 5.73. The number of nitrogens with one attached hydrogen (secondary N) is 1. The summed E-state index contributed by atoms with van der Waals surface area (Å²) in [5.74, 6) is 1.79. The summed E-state index contributed by atoms with van der Waals surface area (Å²) < 4.78 is 11.1. The van der Waals surface area contributed by atoms with Crippen molar-refractivity contribution in [3.8, 4) is 11.5 Å². The van der Waals surface area contributed by atoms with Crippen LogP contribution in [0.5, 0.6) is 11.5 Å². The van der Waals surface area contributed by atoms with E-state index >= 15 is 0 Å². The minimum Gasteiger partial charge on any atom is -1.00 e. The molecular formula is C22H26ClNO2. The summed E-state index contributed by atoms with van der Waals surface area (Å²) in [5, 5.41) is 0. The average Bonchev–Trinajstić information content (AvgIpc) is 2.68. The molecule has 0 bridgehead atoms. The molecule has 0 radical (unpaired) electrons. The number of methoxy groups -OCH3 is 1. The SMILES string of the molecule is COc1ccc(OCC[NH+]2CCC3=C(CCc4ccccc43)C2)cc1.[Cl-]. The number of aryl methyl sites for hydroxylation is 1. The second-order valence-electron chi connectivity index (χ2n) is 6.94. The van der Waals surface area contributed by atoms with E-state index in [-0.39, 0.29) is 12.4 Å². The van der Waals surface area contributed by atoms with Gasteiger partial charge in [-0.2, -0.15) is 0 Å². The van der Waals surface area contributed by atoms with Crippen LogP contribution in [0.2, 0.25) is 0 Å². The predicted octanol–water partition coefficient (Wildman–Crippen LogP) is -0.233. The first-order valence-electron chi connectivity index (χ1n) is 9.23. The van der Waals surface area contributed by atoms with Crippen LogP contribution >= 0.6 is 0 Å². The molecule has 138 valence electrons. The maximum atomic E-state index is 5.91. The predicted molar refractivity (Wildman–Crippen MR) is 100 cm³/mol. The molecule has 0 saturated heterocycles. The second kappa shape index (κ2) is 8.61. The molecule has 0 fully saturated rings. The van der Waals surface area contributed by atoms with Crippen LogP contribution in [0.15, 0.2) is 54.1 Å². The van der Waals surface area contributed by atoms with E-state index in [4.69, 9.17) is 9.47 Å². The highest BCUT2D eigenvalue weighted by Gasteiger charge is 2.26. The molecule has 1 heterocycles. The lowest BCUT2D eigenvalue weighted by Crippen LogP contribution is -3.13. The van der Waals surface area contributed by atoms with Gasteiger partial charge >= 0.3 is 0 Å². The lowest BCUT2D eigenvalue weighted by atomic mass is 9.82. The van der Waals surface area contributed by atoms with E-state index in [1.165, 1.54) is 43.5 Å². The zero-order valence-corrected chi connectivity index (χ0v) is 16.0. The first-order chi connectivity index (χ1) is 12.3. The van der Waals surface area contributed by atoms with E-state index in [0.29, 0.717) is 0 Å². The third kappa shape index (κ3) is 4.05. The fourth-order valence-electron chi connectivity index (χ4n) is 4.06. The van der Waals surface area contributed by atoms with E-state index in [1.807, 2.05) is 24.3 Å². The number of benzene rings is 2. The van der Waals surface area contributed by atoms with Gasteiger partial charge in [0.15, 0.2) is 0 Å². The molecule has 1 atom stereocenters. The lowest BCUT2D eigenvalue weighted by Gasteiger charge is -2.32. The molecule has 26 heavy (non-hydrogen) atoms. The zero-order valence-electron chi connectivity index (χ0n) is 15.3. The molecule has 2 aliphatic rings. The molecule has 1 unspecified atom stereocenters. The number of ether oxygens (including phenoxy) is 2. The van der Waals surface area contributed by atoms with Crippen LogP contribution < -0.4 is 26.8 Å². The number of fused-ring (bicyclic) bond motifs is 2. The van der Waals surface area contributed by atoms with Gasteiger partial charge in [0.1, 0.15) is 24.7 Å². The fraction of sp³-hybridized carbons (Fsp3) is 0.364.